The normalized spacial score (nSPS) is 10.6. The summed E-state index contributed by atoms with van der Waals surface area (Å²) in [6.07, 6.45) is 1.66. The lowest BCUT2D eigenvalue weighted by Gasteiger charge is -2.06. The van der Waals surface area contributed by atoms with Crippen LogP contribution in [0, 0.1) is 0 Å². The van der Waals surface area contributed by atoms with Crippen molar-refractivity contribution in [3.8, 4) is 0 Å². The molecule has 8 nitrogen and oxygen atoms in total. The Labute approximate surface area is 175 Å². The maximum Gasteiger partial charge on any atom is 0.325 e. The first kappa shape index (κ1) is 22.7. The van der Waals surface area contributed by atoms with E-state index in [9.17, 15) is 14.4 Å². The smallest absolute Gasteiger partial charge is 0.325 e. The van der Waals surface area contributed by atoms with Crippen LogP contribution < -0.4 is 5.32 Å². The number of carbonyl (C=O) groups excluding carboxylic acids is 3. The van der Waals surface area contributed by atoms with E-state index in [-0.39, 0.29) is 18.2 Å². The highest BCUT2D eigenvalue weighted by atomic mass is 16.5. The lowest BCUT2D eigenvalue weighted by molar-refractivity contribution is -0.141. The van der Waals surface area contributed by atoms with Crippen molar-refractivity contribution in [2.45, 2.75) is 19.3 Å². The maximum atomic E-state index is 12.6. The Balaban J connectivity index is 1.85. The largest absolute Gasteiger partial charge is 0.468 e. The first-order chi connectivity index (χ1) is 14.4. The molecule has 1 amide bonds. The van der Waals surface area contributed by atoms with Gasteiger partial charge in [0.1, 0.15) is 6.54 Å². The number of benzene rings is 2. The van der Waals surface area contributed by atoms with E-state index in [1.165, 1.54) is 7.11 Å². The van der Waals surface area contributed by atoms with Crippen molar-refractivity contribution in [1.82, 2.24) is 10.3 Å². The van der Waals surface area contributed by atoms with Gasteiger partial charge in [-0.3, -0.25) is 19.4 Å². The van der Waals surface area contributed by atoms with Gasteiger partial charge in [0.25, 0.3) is 0 Å². The molecule has 158 valence electrons. The van der Waals surface area contributed by atoms with Crippen molar-refractivity contribution >= 4 is 23.3 Å². The molecule has 8 heteroatoms. The van der Waals surface area contributed by atoms with Crippen LogP contribution in [0.5, 0.6) is 0 Å². The second-order valence-electron chi connectivity index (χ2n) is 6.82. The fraction of sp³-hybridized carbons (Fsp3) is 0.318. The molecule has 0 aliphatic rings. The molecule has 0 atom stereocenters. The number of aryl methyl sites for hydroxylation is 1. The fourth-order valence-electron chi connectivity index (χ4n) is 2.59. The number of nitrogens with one attached hydrogen (secondary N) is 1. The highest BCUT2D eigenvalue weighted by Crippen LogP contribution is 2.17. The van der Waals surface area contributed by atoms with Crippen molar-refractivity contribution in [1.29, 1.82) is 0 Å². The second-order valence-corrected chi connectivity index (χ2v) is 6.82. The van der Waals surface area contributed by atoms with Crippen molar-refractivity contribution in [3.05, 3.63) is 65.2 Å². The minimum absolute atomic E-state index is 0.0696. The molecule has 30 heavy (non-hydrogen) atoms. The number of methoxy groups -OCH3 is 1. The third kappa shape index (κ3) is 7.46. The van der Waals surface area contributed by atoms with Gasteiger partial charge in [-0.1, -0.05) is 29.5 Å². The number of amides is 1. The molecule has 0 saturated heterocycles. The number of hydrogen-bond acceptors (Lipinski definition) is 6. The molecule has 2 aromatic rings. The van der Waals surface area contributed by atoms with Gasteiger partial charge in [0.05, 0.1) is 12.8 Å². The van der Waals surface area contributed by atoms with Gasteiger partial charge in [-0.25, -0.2) is 0 Å². The summed E-state index contributed by atoms with van der Waals surface area (Å²) in [5, 5.41) is 12.1. The van der Waals surface area contributed by atoms with Crippen molar-refractivity contribution in [2.75, 3.05) is 27.7 Å². The van der Waals surface area contributed by atoms with Gasteiger partial charge in [-0.05, 0) is 42.7 Å². The molecule has 0 fully saturated rings. The van der Waals surface area contributed by atoms with E-state index in [1.54, 1.807) is 55.5 Å². The van der Waals surface area contributed by atoms with Crippen molar-refractivity contribution < 1.29 is 19.1 Å². The lowest BCUT2D eigenvalue weighted by Crippen LogP contribution is -2.29. The van der Waals surface area contributed by atoms with Gasteiger partial charge in [0, 0.05) is 31.6 Å². The molecule has 0 bridgehead atoms. The average Bonchev–Trinajstić information content (AvgIpc) is 2.76. The van der Waals surface area contributed by atoms with Crippen LogP contribution in [-0.2, 0) is 20.7 Å². The van der Waals surface area contributed by atoms with E-state index < -0.39 is 5.97 Å². The van der Waals surface area contributed by atoms with Crippen LogP contribution in [0.3, 0.4) is 0 Å². The number of esters is 1. The van der Waals surface area contributed by atoms with Gasteiger partial charge in [0.15, 0.2) is 5.78 Å². The predicted octanol–water partition coefficient (Wildman–Crippen LogP) is 3.09. The monoisotopic (exact) mass is 410 g/mol. The van der Waals surface area contributed by atoms with Crippen LogP contribution in [0.2, 0.25) is 0 Å². The minimum atomic E-state index is -0.476. The molecule has 0 aliphatic carbocycles. The van der Waals surface area contributed by atoms with Crippen LogP contribution in [0.4, 0.5) is 5.69 Å². The van der Waals surface area contributed by atoms with E-state index in [0.29, 0.717) is 36.1 Å². The van der Waals surface area contributed by atoms with E-state index in [0.717, 1.165) is 5.56 Å². The standard InChI is InChI=1S/C22H26N4O4/c1-26(2)25-24-19-13-11-18(12-14-19)22(29)17-9-7-16(8-10-17)5-4-6-20(27)23-15-21(28)30-3/h7-14H,4-6,15H2,1-3H3,(H,23,27). The Morgan fingerprint density at radius 2 is 1.57 bits per heavy atom. The number of rotatable bonds is 10. The summed E-state index contributed by atoms with van der Waals surface area (Å²) in [6.45, 7) is -0.119. The van der Waals surface area contributed by atoms with E-state index >= 15 is 0 Å². The van der Waals surface area contributed by atoms with Gasteiger partial charge in [0.2, 0.25) is 5.91 Å². The summed E-state index contributed by atoms with van der Waals surface area (Å²) in [4.78, 5) is 35.3. The third-order valence-corrected chi connectivity index (χ3v) is 4.21. The molecular weight excluding hydrogens is 384 g/mol. The summed E-state index contributed by atoms with van der Waals surface area (Å²) in [6, 6.07) is 14.3. The molecule has 2 aromatic carbocycles. The molecule has 0 aromatic heterocycles. The van der Waals surface area contributed by atoms with Crippen molar-refractivity contribution in [2.24, 2.45) is 10.3 Å². The molecule has 0 unspecified atom stereocenters. The van der Waals surface area contributed by atoms with Gasteiger partial charge in [-0.2, -0.15) is 0 Å². The van der Waals surface area contributed by atoms with Crippen LogP contribution in [0.15, 0.2) is 58.9 Å². The summed E-state index contributed by atoms with van der Waals surface area (Å²) < 4.78 is 4.47. The first-order valence-corrected chi connectivity index (χ1v) is 9.55. The average molecular weight is 410 g/mol. The Hall–Kier alpha value is -3.55. The van der Waals surface area contributed by atoms with Crippen LogP contribution in [0.25, 0.3) is 0 Å². The predicted molar refractivity (Wildman–Crippen MR) is 112 cm³/mol. The Morgan fingerprint density at radius 3 is 2.13 bits per heavy atom. The SMILES string of the molecule is COC(=O)CNC(=O)CCCc1ccc(C(=O)c2ccc(N=NN(C)C)cc2)cc1. The summed E-state index contributed by atoms with van der Waals surface area (Å²) in [7, 11) is 4.84. The molecule has 0 radical (unpaired) electrons. The third-order valence-electron chi connectivity index (χ3n) is 4.21. The summed E-state index contributed by atoms with van der Waals surface area (Å²) in [5.41, 5.74) is 2.88. The lowest BCUT2D eigenvalue weighted by atomic mass is 10.00. The Bertz CT molecular complexity index is 890. The molecule has 0 spiro atoms. The molecule has 0 saturated carbocycles. The molecule has 2 rings (SSSR count). The second kappa shape index (κ2) is 11.5. The number of carbonyl (C=O) groups is 3. The van der Waals surface area contributed by atoms with Gasteiger partial charge >= 0.3 is 5.97 Å². The Kier molecular flexibility index (Phi) is 8.68. The molecule has 0 aliphatic heterocycles. The van der Waals surface area contributed by atoms with Crippen LogP contribution in [-0.4, -0.2) is 50.4 Å². The maximum absolute atomic E-state index is 12.6. The first-order valence-electron chi connectivity index (χ1n) is 9.55. The van der Waals surface area contributed by atoms with Crippen LogP contribution >= 0.6 is 0 Å². The summed E-state index contributed by atoms with van der Waals surface area (Å²) >= 11 is 0. The van der Waals surface area contributed by atoms with E-state index in [2.05, 4.69) is 20.4 Å². The number of ether oxygens (including phenoxy) is 1. The van der Waals surface area contributed by atoms with Crippen LogP contribution in [0.1, 0.15) is 34.3 Å². The zero-order chi connectivity index (χ0) is 21.9. The van der Waals surface area contributed by atoms with E-state index in [4.69, 9.17) is 0 Å². The molecule has 0 heterocycles. The Morgan fingerprint density at radius 1 is 0.967 bits per heavy atom. The summed E-state index contributed by atoms with van der Waals surface area (Å²) in [5.74, 6) is -0.739. The topological polar surface area (TPSA) is 100 Å². The number of ketones is 1. The zero-order valence-corrected chi connectivity index (χ0v) is 17.4. The zero-order valence-electron chi connectivity index (χ0n) is 17.4. The van der Waals surface area contributed by atoms with Gasteiger partial charge < -0.3 is 10.1 Å². The van der Waals surface area contributed by atoms with Gasteiger partial charge in [-0.15, -0.1) is 5.11 Å². The quantitative estimate of drug-likeness (QED) is 0.281. The highest BCUT2D eigenvalue weighted by molar-refractivity contribution is 6.09. The number of nitrogens with zero attached hydrogens (tertiary/aromatic N) is 3. The number of hydrogen-bond donors (Lipinski definition) is 1. The molecular formula is C22H26N4O4. The van der Waals surface area contributed by atoms with Crippen molar-refractivity contribution in [3.63, 3.8) is 0 Å². The van der Waals surface area contributed by atoms with E-state index in [1.807, 2.05) is 12.1 Å². The fourth-order valence-corrected chi connectivity index (χ4v) is 2.59. The minimum Gasteiger partial charge on any atom is -0.468 e. The highest BCUT2D eigenvalue weighted by Gasteiger charge is 2.10. The molecule has 1 N–H and O–H groups in total.